The number of ether oxygens (including phenoxy) is 1. The Morgan fingerprint density at radius 1 is 1.38 bits per heavy atom. The van der Waals surface area contributed by atoms with Crippen molar-refractivity contribution in [2.45, 2.75) is 6.61 Å². The van der Waals surface area contributed by atoms with E-state index in [2.05, 4.69) is 9.97 Å². The van der Waals surface area contributed by atoms with Crippen molar-refractivity contribution in [1.82, 2.24) is 9.97 Å². The summed E-state index contributed by atoms with van der Waals surface area (Å²) in [6.45, 7) is 0.295. The van der Waals surface area contributed by atoms with Crippen LogP contribution in [0.15, 0.2) is 42.7 Å². The predicted octanol–water partition coefficient (Wildman–Crippen LogP) is 2.03. The van der Waals surface area contributed by atoms with Crippen LogP contribution < -0.4 is 4.74 Å². The standard InChI is InChI=1S/C15H11N3O3/c16-8-13-7-11(5-6-17-13)10-21-14-3-1-12(18-9-14)2-4-15(19)20/h1-7,9H,10H2,(H,19,20). The van der Waals surface area contributed by atoms with Gasteiger partial charge in [0.05, 0.1) is 11.9 Å². The van der Waals surface area contributed by atoms with Crippen LogP contribution in [0.25, 0.3) is 6.08 Å². The van der Waals surface area contributed by atoms with Crippen LogP contribution in [-0.2, 0) is 11.4 Å². The number of nitrogens with zero attached hydrogens (tertiary/aromatic N) is 3. The van der Waals surface area contributed by atoms with Crippen LogP contribution >= 0.6 is 0 Å². The zero-order valence-electron chi connectivity index (χ0n) is 10.9. The summed E-state index contributed by atoms with van der Waals surface area (Å²) in [6, 6.07) is 8.72. The largest absolute Gasteiger partial charge is 0.487 e. The van der Waals surface area contributed by atoms with Crippen molar-refractivity contribution in [3.8, 4) is 11.8 Å². The Morgan fingerprint density at radius 2 is 2.24 bits per heavy atom. The molecule has 0 aliphatic heterocycles. The molecule has 0 amide bonds. The molecule has 0 unspecified atom stereocenters. The highest BCUT2D eigenvalue weighted by Gasteiger charge is 1.99. The molecule has 2 aromatic heterocycles. The smallest absolute Gasteiger partial charge is 0.328 e. The van der Waals surface area contributed by atoms with Gasteiger partial charge in [0.25, 0.3) is 0 Å². The Labute approximate surface area is 121 Å². The maximum Gasteiger partial charge on any atom is 0.328 e. The summed E-state index contributed by atoms with van der Waals surface area (Å²) in [5.74, 6) is -0.471. The van der Waals surface area contributed by atoms with Gasteiger partial charge in [-0.25, -0.2) is 9.78 Å². The predicted molar refractivity (Wildman–Crippen MR) is 74.2 cm³/mol. The van der Waals surface area contributed by atoms with Crippen LogP contribution in [0.1, 0.15) is 17.0 Å². The number of carboxylic acids is 1. The van der Waals surface area contributed by atoms with Crippen molar-refractivity contribution in [3.63, 3.8) is 0 Å². The van der Waals surface area contributed by atoms with Crippen molar-refractivity contribution >= 4 is 12.0 Å². The second-order valence-corrected chi connectivity index (χ2v) is 4.04. The fraction of sp³-hybridized carbons (Fsp3) is 0.0667. The summed E-state index contributed by atoms with van der Waals surface area (Å²) in [7, 11) is 0. The molecule has 0 fully saturated rings. The van der Waals surface area contributed by atoms with Crippen LogP contribution in [0.3, 0.4) is 0 Å². The van der Waals surface area contributed by atoms with E-state index < -0.39 is 5.97 Å². The van der Waals surface area contributed by atoms with Gasteiger partial charge in [-0.1, -0.05) is 0 Å². The van der Waals surface area contributed by atoms with Crippen LogP contribution in [0, 0.1) is 11.3 Å². The lowest BCUT2D eigenvalue weighted by molar-refractivity contribution is -0.131. The molecule has 0 bridgehead atoms. The molecule has 2 aromatic rings. The molecule has 6 heteroatoms. The quantitative estimate of drug-likeness (QED) is 0.842. The molecule has 0 aliphatic rings. The third kappa shape index (κ3) is 4.44. The first-order chi connectivity index (χ1) is 10.2. The third-order valence-corrected chi connectivity index (χ3v) is 2.50. The first-order valence-electron chi connectivity index (χ1n) is 6.02. The minimum Gasteiger partial charge on any atom is -0.487 e. The molecule has 2 rings (SSSR count). The average molecular weight is 281 g/mol. The zero-order chi connectivity index (χ0) is 15.1. The SMILES string of the molecule is N#Cc1cc(COc2ccc(C=CC(=O)O)nc2)ccn1. The van der Waals surface area contributed by atoms with Crippen LogP contribution in [-0.4, -0.2) is 21.0 Å². The lowest BCUT2D eigenvalue weighted by Crippen LogP contribution is -1.97. The normalized spacial score (nSPS) is 10.2. The second-order valence-electron chi connectivity index (χ2n) is 4.04. The van der Waals surface area contributed by atoms with E-state index in [0.717, 1.165) is 11.6 Å². The molecule has 104 valence electrons. The summed E-state index contributed by atoms with van der Waals surface area (Å²) in [5, 5.41) is 17.3. The minimum atomic E-state index is -1.02. The average Bonchev–Trinajstić information content (AvgIpc) is 2.52. The zero-order valence-corrected chi connectivity index (χ0v) is 10.9. The summed E-state index contributed by atoms with van der Waals surface area (Å²) < 4.78 is 5.53. The van der Waals surface area contributed by atoms with E-state index in [1.165, 1.54) is 12.3 Å². The molecule has 6 nitrogen and oxygen atoms in total. The molecule has 0 atom stereocenters. The lowest BCUT2D eigenvalue weighted by atomic mass is 10.2. The molecule has 2 heterocycles. The maximum absolute atomic E-state index is 10.4. The molecule has 0 saturated heterocycles. The fourth-order valence-electron chi connectivity index (χ4n) is 1.52. The molecular weight excluding hydrogens is 270 g/mol. The van der Waals surface area contributed by atoms with Crippen molar-refractivity contribution < 1.29 is 14.6 Å². The number of nitriles is 1. The Bertz CT molecular complexity index is 703. The highest BCUT2D eigenvalue weighted by atomic mass is 16.5. The number of rotatable bonds is 5. The number of aliphatic carboxylic acids is 1. The van der Waals surface area contributed by atoms with Gasteiger partial charge in [-0.15, -0.1) is 0 Å². The van der Waals surface area contributed by atoms with Crippen molar-refractivity contribution in [3.05, 3.63) is 59.7 Å². The van der Waals surface area contributed by atoms with E-state index in [1.807, 2.05) is 6.07 Å². The van der Waals surface area contributed by atoms with Gasteiger partial charge in [0, 0.05) is 12.3 Å². The summed E-state index contributed by atoms with van der Waals surface area (Å²) in [6.07, 6.45) is 5.47. The topological polar surface area (TPSA) is 96.1 Å². The van der Waals surface area contributed by atoms with E-state index >= 15 is 0 Å². The summed E-state index contributed by atoms with van der Waals surface area (Å²) in [4.78, 5) is 18.3. The van der Waals surface area contributed by atoms with Gasteiger partial charge in [0.1, 0.15) is 24.1 Å². The molecule has 0 spiro atoms. The first kappa shape index (κ1) is 14.2. The van der Waals surface area contributed by atoms with E-state index in [1.54, 1.807) is 30.5 Å². The van der Waals surface area contributed by atoms with E-state index in [9.17, 15) is 4.79 Å². The number of hydrogen-bond acceptors (Lipinski definition) is 5. The van der Waals surface area contributed by atoms with Gasteiger partial charge >= 0.3 is 5.97 Å². The van der Waals surface area contributed by atoms with Crippen molar-refractivity contribution in [2.24, 2.45) is 0 Å². The molecule has 0 radical (unpaired) electrons. The van der Waals surface area contributed by atoms with Gasteiger partial charge in [-0.2, -0.15) is 5.26 Å². The maximum atomic E-state index is 10.4. The number of carbonyl (C=O) groups is 1. The third-order valence-electron chi connectivity index (χ3n) is 2.50. The van der Waals surface area contributed by atoms with Crippen LogP contribution in [0.5, 0.6) is 5.75 Å². The monoisotopic (exact) mass is 281 g/mol. The Hall–Kier alpha value is -3.20. The first-order valence-corrected chi connectivity index (χ1v) is 6.02. The van der Waals surface area contributed by atoms with E-state index in [-0.39, 0.29) is 0 Å². The summed E-state index contributed by atoms with van der Waals surface area (Å²) >= 11 is 0. The van der Waals surface area contributed by atoms with Gasteiger partial charge in [-0.05, 0) is 35.9 Å². The van der Waals surface area contributed by atoms with Gasteiger partial charge < -0.3 is 9.84 Å². The highest BCUT2D eigenvalue weighted by molar-refractivity contribution is 5.84. The Morgan fingerprint density at radius 3 is 2.90 bits per heavy atom. The molecule has 0 aromatic carbocycles. The number of aromatic nitrogens is 2. The van der Waals surface area contributed by atoms with E-state index in [0.29, 0.717) is 23.7 Å². The second kappa shape index (κ2) is 6.82. The molecule has 0 saturated carbocycles. The molecular formula is C15H11N3O3. The number of pyridine rings is 2. The van der Waals surface area contributed by atoms with Crippen LogP contribution in [0.2, 0.25) is 0 Å². The Balaban J connectivity index is 1.97. The highest BCUT2D eigenvalue weighted by Crippen LogP contribution is 2.12. The van der Waals surface area contributed by atoms with Crippen LogP contribution in [0.4, 0.5) is 0 Å². The molecule has 1 N–H and O–H groups in total. The Kier molecular flexibility index (Phi) is 4.62. The van der Waals surface area contributed by atoms with Crippen molar-refractivity contribution in [1.29, 1.82) is 5.26 Å². The van der Waals surface area contributed by atoms with E-state index in [4.69, 9.17) is 15.1 Å². The number of hydrogen-bond donors (Lipinski definition) is 1. The van der Waals surface area contributed by atoms with Gasteiger partial charge in [-0.3, -0.25) is 4.98 Å². The van der Waals surface area contributed by atoms with Gasteiger partial charge in [0.2, 0.25) is 0 Å². The fourth-order valence-corrected chi connectivity index (χ4v) is 1.52. The molecule has 0 aliphatic carbocycles. The lowest BCUT2D eigenvalue weighted by Gasteiger charge is -2.06. The summed E-state index contributed by atoms with van der Waals surface area (Å²) in [5.41, 5.74) is 1.69. The van der Waals surface area contributed by atoms with Gasteiger partial charge in [0.15, 0.2) is 0 Å². The van der Waals surface area contributed by atoms with Crippen molar-refractivity contribution in [2.75, 3.05) is 0 Å². The minimum absolute atomic E-state index is 0.295. The number of carboxylic acid groups (broad SMARTS) is 1. The molecule has 21 heavy (non-hydrogen) atoms.